The van der Waals surface area contributed by atoms with Crippen molar-refractivity contribution >= 4 is 0 Å². The highest BCUT2D eigenvalue weighted by molar-refractivity contribution is 5.46. The van der Waals surface area contributed by atoms with E-state index in [4.69, 9.17) is 0 Å². The molecule has 0 aliphatic rings. The van der Waals surface area contributed by atoms with Crippen LogP contribution in [-0.2, 0) is 0 Å². The zero-order valence-corrected chi connectivity index (χ0v) is 9.46. The summed E-state index contributed by atoms with van der Waals surface area (Å²) in [4.78, 5) is 0. The molecule has 0 rings (SSSR count). The first-order chi connectivity index (χ1) is 6.79. The number of allylic oxidation sites excluding steroid dienone is 9. The molecule has 14 heavy (non-hydrogen) atoms. The third-order valence-corrected chi connectivity index (χ3v) is 1.90. The maximum atomic E-state index is 3.66. The molecule has 0 bridgehead atoms. The van der Waals surface area contributed by atoms with Crippen LogP contribution in [0.3, 0.4) is 0 Å². The smallest absolute Gasteiger partial charge is 0.0230 e. The van der Waals surface area contributed by atoms with Gasteiger partial charge in [-0.1, -0.05) is 56.0 Å². The fourth-order valence-corrected chi connectivity index (χ4v) is 1.13. The lowest BCUT2D eigenvalue weighted by Gasteiger charge is -2.01. The van der Waals surface area contributed by atoms with E-state index in [1.165, 1.54) is 11.1 Å². The second-order valence-corrected chi connectivity index (χ2v) is 2.89. The molecule has 0 spiro atoms. The summed E-state index contributed by atoms with van der Waals surface area (Å²) in [6, 6.07) is 0. The number of rotatable bonds is 5. The average molecular weight is 188 g/mol. The summed E-state index contributed by atoms with van der Waals surface area (Å²) in [6.07, 6.45) is 15.4. The number of hydrogen-bond donors (Lipinski definition) is 0. The van der Waals surface area contributed by atoms with Crippen LogP contribution in [0.1, 0.15) is 27.2 Å². The molecule has 0 aliphatic heterocycles. The van der Waals surface area contributed by atoms with E-state index in [1.807, 2.05) is 13.0 Å². The maximum absolute atomic E-state index is 3.66. The van der Waals surface area contributed by atoms with Gasteiger partial charge in [-0.3, -0.25) is 0 Å². The molecular formula is C14H20. The molecule has 0 amide bonds. The molecule has 0 radical (unpaired) electrons. The maximum Gasteiger partial charge on any atom is -0.0230 e. The molecule has 0 aromatic carbocycles. The van der Waals surface area contributed by atoms with Gasteiger partial charge in [-0.25, -0.2) is 0 Å². The Labute approximate surface area is 88.0 Å². The van der Waals surface area contributed by atoms with Gasteiger partial charge in [0.25, 0.3) is 0 Å². The van der Waals surface area contributed by atoms with Crippen LogP contribution in [0, 0.1) is 0 Å². The fraction of sp³-hybridized carbons (Fsp3) is 0.286. The van der Waals surface area contributed by atoms with Gasteiger partial charge < -0.3 is 0 Å². The molecule has 0 aromatic heterocycles. The monoisotopic (exact) mass is 188 g/mol. The summed E-state index contributed by atoms with van der Waals surface area (Å²) in [7, 11) is 0. The van der Waals surface area contributed by atoms with Crippen LogP contribution in [0.2, 0.25) is 0 Å². The normalized spacial score (nSPS) is 14.2. The highest BCUT2D eigenvalue weighted by Gasteiger charge is 1.93. The Morgan fingerprint density at radius 2 is 1.64 bits per heavy atom. The number of hydrogen-bond acceptors (Lipinski definition) is 0. The zero-order chi connectivity index (χ0) is 10.8. The largest absolute Gasteiger partial charge is 0.0991 e. The lowest BCUT2D eigenvalue weighted by Crippen LogP contribution is -1.81. The minimum absolute atomic E-state index is 1.07. The van der Waals surface area contributed by atoms with Crippen molar-refractivity contribution in [2.45, 2.75) is 27.2 Å². The van der Waals surface area contributed by atoms with Gasteiger partial charge in [0.15, 0.2) is 0 Å². The van der Waals surface area contributed by atoms with Crippen molar-refractivity contribution in [2.75, 3.05) is 0 Å². The first kappa shape index (κ1) is 12.7. The minimum Gasteiger partial charge on any atom is -0.0991 e. The van der Waals surface area contributed by atoms with Crippen LogP contribution in [0.25, 0.3) is 0 Å². The summed E-state index contributed by atoms with van der Waals surface area (Å²) in [5.74, 6) is 0. The Kier molecular flexibility index (Phi) is 7.53. The minimum atomic E-state index is 1.07. The predicted octanol–water partition coefficient (Wildman–Crippen LogP) is 4.59. The van der Waals surface area contributed by atoms with Crippen molar-refractivity contribution in [3.8, 4) is 0 Å². The lowest BCUT2D eigenvalue weighted by molar-refractivity contribution is 1.22. The van der Waals surface area contributed by atoms with E-state index in [0.717, 1.165) is 6.42 Å². The Morgan fingerprint density at radius 1 is 1.07 bits per heavy atom. The summed E-state index contributed by atoms with van der Waals surface area (Å²) < 4.78 is 0. The van der Waals surface area contributed by atoms with Crippen molar-refractivity contribution in [3.05, 3.63) is 60.3 Å². The molecule has 0 aliphatic carbocycles. The van der Waals surface area contributed by atoms with Crippen LogP contribution in [0.15, 0.2) is 60.3 Å². The predicted molar refractivity (Wildman–Crippen MR) is 66.3 cm³/mol. The molecule has 0 aromatic rings. The van der Waals surface area contributed by atoms with Crippen molar-refractivity contribution in [1.29, 1.82) is 0 Å². The highest BCUT2D eigenvalue weighted by Crippen LogP contribution is 2.13. The highest BCUT2D eigenvalue weighted by atomic mass is 14.0. The quantitative estimate of drug-likeness (QED) is 0.554. The summed E-state index contributed by atoms with van der Waals surface area (Å²) >= 11 is 0. The Bertz CT molecular complexity index is 272. The average Bonchev–Trinajstić information content (AvgIpc) is 2.23. The van der Waals surface area contributed by atoms with Gasteiger partial charge in [0.1, 0.15) is 0 Å². The second kappa shape index (κ2) is 8.31. The Hall–Kier alpha value is -1.30. The fourth-order valence-electron chi connectivity index (χ4n) is 1.13. The van der Waals surface area contributed by atoms with Crippen molar-refractivity contribution in [2.24, 2.45) is 0 Å². The summed E-state index contributed by atoms with van der Waals surface area (Å²) in [5.41, 5.74) is 2.49. The Balaban J connectivity index is 4.73. The van der Waals surface area contributed by atoms with Gasteiger partial charge in [-0.05, 0) is 31.4 Å². The van der Waals surface area contributed by atoms with Crippen LogP contribution in [-0.4, -0.2) is 0 Å². The first-order valence-electron chi connectivity index (χ1n) is 5.08. The van der Waals surface area contributed by atoms with Crippen LogP contribution < -0.4 is 0 Å². The molecule has 0 heterocycles. The van der Waals surface area contributed by atoms with Crippen molar-refractivity contribution in [3.63, 3.8) is 0 Å². The van der Waals surface area contributed by atoms with E-state index >= 15 is 0 Å². The van der Waals surface area contributed by atoms with Gasteiger partial charge in [0.05, 0.1) is 0 Å². The van der Waals surface area contributed by atoms with E-state index in [0.29, 0.717) is 0 Å². The summed E-state index contributed by atoms with van der Waals surface area (Å²) in [5, 5.41) is 0. The van der Waals surface area contributed by atoms with E-state index in [1.54, 1.807) is 6.08 Å². The lowest BCUT2D eigenvalue weighted by atomic mass is 10.0. The van der Waals surface area contributed by atoms with Crippen LogP contribution >= 0.6 is 0 Å². The molecular weight excluding hydrogens is 168 g/mol. The summed E-state index contributed by atoms with van der Waals surface area (Å²) in [6.45, 7) is 9.90. The van der Waals surface area contributed by atoms with E-state index < -0.39 is 0 Å². The third-order valence-electron chi connectivity index (χ3n) is 1.90. The molecule has 76 valence electrons. The third kappa shape index (κ3) is 4.66. The molecule has 0 fully saturated rings. The van der Waals surface area contributed by atoms with Gasteiger partial charge in [-0.2, -0.15) is 0 Å². The SMILES string of the molecule is C=C\C=C/C(=C\C)C(/C=C\CC)=C/C. The second-order valence-electron chi connectivity index (χ2n) is 2.89. The van der Waals surface area contributed by atoms with Gasteiger partial charge in [-0.15, -0.1) is 0 Å². The molecule has 0 unspecified atom stereocenters. The molecule has 0 atom stereocenters. The first-order valence-corrected chi connectivity index (χ1v) is 5.08. The Morgan fingerprint density at radius 3 is 2.07 bits per heavy atom. The molecule has 0 nitrogen and oxygen atoms in total. The van der Waals surface area contributed by atoms with E-state index in [-0.39, 0.29) is 0 Å². The standard InChI is InChI=1S/C14H20/c1-5-9-11-13(7-3)14(8-4)12-10-6-2/h5,7-12H,1,6H2,2-4H3/b11-9-,12-10-,13-7+,14-8+. The van der Waals surface area contributed by atoms with Gasteiger partial charge >= 0.3 is 0 Å². The van der Waals surface area contributed by atoms with Crippen molar-refractivity contribution in [1.82, 2.24) is 0 Å². The topological polar surface area (TPSA) is 0 Å². The van der Waals surface area contributed by atoms with Crippen molar-refractivity contribution < 1.29 is 0 Å². The molecule has 0 N–H and O–H groups in total. The van der Waals surface area contributed by atoms with Gasteiger partial charge in [0, 0.05) is 0 Å². The van der Waals surface area contributed by atoms with E-state index in [9.17, 15) is 0 Å². The molecule has 0 heteroatoms. The zero-order valence-electron chi connectivity index (χ0n) is 9.46. The van der Waals surface area contributed by atoms with Crippen LogP contribution in [0.4, 0.5) is 0 Å². The van der Waals surface area contributed by atoms with Crippen LogP contribution in [0.5, 0.6) is 0 Å². The molecule has 0 saturated carbocycles. The van der Waals surface area contributed by atoms with E-state index in [2.05, 4.69) is 50.8 Å². The molecule has 0 saturated heterocycles. The van der Waals surface area contributed by atoms with Gasteiger partial charge in [0.2, 0.25) is 0 Å².